The Labute approximate surface area is 165 Å². The van der Waals surface area contributed by atoms with E-state index in [9.17, 15) is 21.6 Å². The molecule has 0 fully saturated rings. The number of ether oxygens (including phenoxy) is 1. The summed E-state index contributed by atoms with van der Waals surface area (Å²) in [6.45, 7) is -0.291. The van der Waals surface area contributed by atoms with Crippen molar-refractivity contribution in [3.63, 3.8) is 0 Å². The Morgan fingerprint density at radius 3 is 2.38 bits per heavy atom. The van der Waals surface area contributed by atoms with Crippen LogP contribution in [0.5, 0.6) is 5.75 Å². The third kappa shape index (κ3) is 4.90. The summed E-state index contributed by atoms with van der Waals surface area (Å²) in [6, 6.07) is 12.6. The lowest BCUT2D eigenvalue weighted by atomic mass is 10.1. The molecule has 0 aliphatic rings. The summed E-state index contributed by atoms with van der Waals surface area (Å²) in [5.74, 6) is 0.666. The SMILES string of the molecule is COc1ccc(-c2cc(CNS(=O)(=O)c3ccccc3C(F)(F)F)ncn2)cc1. The van der Waals surface area contributed by atoms with E-state index in [-0.39, 0.29) is 6.54 Å². The van der Waals surface area contributed by atoms with Crippen LogP contribution in [0, 0.1) is 0 Å². The first-order valence-corrected chi connectivity index (χ1v) is 9.80. The predicted molar refractivity (Wildman–Crippen MR) is 99.5 cm³/mol. The van der Waals surface area contributed by atoms with Gasteiger partial charge in [-0.2, -0.15) is 13.2 Å². The Balaban J connectivity index is 1.81. The maximum absolute atomic E-state index is 13.1. The van der Waals surface area contributed by atoms with Crippen LogP contribution in [0.3, 0.4) is 0 Å². The first kappa shape index (κ1) is 20.7. The number of nitrogens with zero attached hydrogens (tertiary/aromatic N) is 2. The molecule has 0 amide bonds. The van der Waals surface area contributed by atoms with E-state index in [0.29, 0.717) is 17.1 Å². The van der Waals surface area contributed by atoms with Gasteiger partial charge in [0.05, 0.1) is 35.5 Å². The van der Waals surface area contributed by atoms with Crippen LogP contribution in [-0.2, 0) is 22.7 Å². The van der Waals surface area contributed by atoms with Crippen molar-refractivity contribution in [2.24, 2.45) is 0 Å². The molecule has 0 saturated carbocycles. The highest BCUT2D eigenvalue weighted by molar-refractivity contribution is 7.89. The van der Waals surface area contributed by atoms with Crippen LogP contribution >= 0.6 is 0 Å². The van der Waals surface area contributed by atoms with Crippen molar-refractivity contribution in [2.45, 2.75) is 17.6 Å². The molecule has 3 aromatic rings. The van der Waals surface area contributed by atoms with E-state index in [2.05, 4.69) is 14.7 Å². The van der Waals surface area contributed by atoms with Gasteiger partial charge in [-0.15, -0.1) is 0 Å². The van der Waals surface area contributed by atoms with Gasteiger partial charge in [0, 0.05) is 5.56 Å². The summed E-state index contributed by atoms with van der Waals surface area (Å²) in [5, 5.41) is 0. The number of methoxy groups -OCH3 is 1. The lowest BCUT2D eigenvalue weighted by Crippen LogP contribution is -2.26. The zero-order chi connectivity index (χ0) is 21.1. The average molecular weight is 423 g/mol. The molecular weight excluding hydrogens is 407 g/mol. The second kappa shape index (κ2) is 8.18. The number of nitrogens with one attached hydrogen (secondary N) is 1. The molecule has 6 nitrogen and oxygen atoms in total. The number of hydrogen-bond acceptors (Lipinski definition) is 5. The van der Waals surface area contributed by atoms with Crippen LogP contribution in [0.15, 0.2) is 65.8 Å². The van der Waals surface area contributed by atoms with Crippen LogP contribution in [0.4, 0.5) is 13.2 Å². The standard InChI is InChI=1S/C19H16F3N3O3S/c1-28-15-8-6-13(7-9-15)17-10-14(23-12-24-17)11-25-29(26,27)18-5-3-2-4-16(18)19(20,21)22/h2-10,12,25H,11H2,1H3. The summed E-state index contributed by atoms with van der Waals surface area (Å²) in [5.41, 5.74) is 0.361. The number of aromatic nitrogens is 2. The fraction of sp³-hybridized carbons (Fsp3) is 0.158. The molecule has 0 spiro atoms. The van der Waals surface area contributed by atoms with Crippen LogP contribution in [0.25, 0.3) is 11.3 Å². The molecular formula is C19H16F3N3O3S. The maximum atomic E-state index is 13.1. The number of hydrogen-bond donors (Lipinski definition) is 1. The van der Waals surface area contributed by atoms with Crippen molar-refractivity contribution in [3.8, 4) is 17.0 Å². The summed E-state index contributed by atoms with van der Waals surface area (Å²) >= 11 is 0. The Hall–Kier alpha value is -2.98. The van der Waals surface area contributed by atoms with Gasteiger partial charge in [0.25, 0.3) is 0 Å². The second-order valence-corrected chi connectivity index (χ2v) is 7.68. The summed E-state index contributed by atoms with van der Waals surface area (Å²) in [7, 11) is -2.86. The van der Waals surface area contributed by atoms with Crippen molar-refractivity contribution in [1.82, 2.24) is 14.7 Å². The smallest absolute Gasteiger partial charge is 0.417 e. The van der Waals surface area contributed by atoms with Crippen LogP contribution in [0.1, 0.15) is 11.3 Å². The lowest BCUT2D eigenvalue weighted by Gasteiger charge is -2.13. The largest absolute Gasteiger partial charge is 0.497 e. The Bertz CT molecular complexity index is 1100. The first-order valence-electron chi connectivity index (χ1n) is 8.32. The molecule has 1 aromatic heterocycles. The van der Waals surface area contributed by atoms with Crippen LogP contribution < -0.4 is 9.46 Å². The molecule has 1 heterocycles. The molecule has 0 bridgehead atoms. The van der Waals surface area contributed by atoms with E-state index in [1.54, 1.807) is 37.4 Å². The average Bonchev–Trinajstić information content (AvgIpc) is 2.72. The van der Waals surface area contributed by atoms with Gasteiger partial charge in [-0.1, -0.05) is 12.1 Å². The normalized spacial score (nSPS) is 12.0. The summed E-state index contributed by atoms with van der Waals surface area (Å²) < 4.78 is 71.5. The minimum absolute atomic E-state index is 0.291. The van der Waals surface area contributed by atoms with Gasteiger partial charge in [0.2, 0.25) is 10.0 Å². The zero-order valence-corrected chi connectivity index (χ0v) is 16.0. The molecule has 0 aliphatic carbocycles. The Kier molecular flexibility index (Phi) is 5.85. The van der Waals surface area contributed by atoms with Crippen LogP contribution in [0.2, 0.25) is 0 Å². The van der Waals surface area contributed by atoms with Crippen molar-refractivity contribution < 1.29 is 26.3 Å². The van der Waals surface area contributed by atoms with Crippen molar-refractivity contribution in [2.75, 3.05) is 7.11 Å². The minimum Gasteiger partial charge on any atom is -0.497 e. The summed E-state index contributed by atoms with van der Waals surface area (Å²) in [4.78, 5) is 7.28. The van der Waals surface area contributed by atoms with E-state index in [0.717, 1.165) is 23.8 Å². The van der Waals surface area contributed by atoms with E-state index < -0.39 is 26.7 Å². The molecule has 0 atom stereocenters. The zero-order valence-electron chi connectivity index (χ0n) is 15.1. The van der Waals surface area contributed by atoms with Gasteiger partial charge in [-0.3, -0.25) is 0 Å². The molecule has 0 radical (unpaired) electrons. The van der Waals surface area contributed by atoms with Gasteiger partial charge in [0.1, 0.15) is 12.1 Å². The molecule has 0 aliphatic heterocycles. The summed E-state index contributed by atoms with van der Waals surface area (Å²) in [6.07, 6.45) is -3.53. The molecule has 152 valence electrons. The van der Waals surface area contributed by atoms with E-state index in [1.165, 1.54) is 12.4 Å². The lowest BCUT2D eigenvalue weighted by molar-refractivity contribution is -0.139. The number of sulfonamides is 1. The molecule has 0 unspecified atom stereocenters. The fourth-order valence-corrected chi connectivity index (χ4v) is 3.82. The third-order valence-corrected chi connectivity index (χ3v) is 5.49. The van der Waals surface area contributed by atoms with Gasteiger partial charge < -0.3 is 4.74 Å². The minimum atomic E-state index is -4.79. The highest BCUT2D eigenvalue weighted by atomic mass is 32.2. The molecule has 0 saturated heterocycles. The molecule has 3 rings (SSSR count). The first-order chi connectivity index (χ1) is 13.7. The monoisotopic (exact) mass is 423 g/mol. The molecule has 10 heteroatoms. The fourth-order valence-electron chi connectivity index (χ4n) is 2.60. The number of halogens is 3. The second-order valence-electron chi connectivity index (χ2n) is 5.94. The molecule has 29 heavy (non-hydrogen) atoms. The number of alkyl halides is 3. The van der Waals surface area contributed by atoms with E-state index in [1.807, 2.05) is 0 Å². The third-order valence-electron chi connectivity index (χ3n) is 4.03. The Morgan fingerprint density at radius 2 is 1.72 bits per heavy atom. The van der Waals surface area contributed by atoms with Gasteiger partial charge in [-0.05, 0) is 42.5 Å². The molecule has 2 aromatic carbocycles. The van der Waals surface area contributed by atoms with Gasteiger partial charge in [-0.25, -0.2) is 23.1 Å². The van der Waals surface area contributed by atoms with Crippen molar-refractivity contribution in [3.05, 3.63) is 72.2 Å². The van der Waals surface area contributed by atoms with Crippen molar-refractivity contribution >= 4 is 10.0 Å². The quantitative estimate of drug-likeness (QED) is 0.655. The Morgan fingerprint density at radius 1 is 1.03 bits per heavy atom. The highest BCUT2D eigenvalue weighted by Crippen LogP contribution is 2.33. The van der Waals surface area contributed by atoms with Gasteiger partial charge in [0.15, 0.2) is 0 Å². The van der Waals surface area contributed by atoms with E-state index in [4.69, 9.17) is 4.74 Å². The molecule has 1 N–H and O–H groups in total. The maximum Gasteiger partial charge on any atom is 0.417 e. The van der Waals surface area contributed by atoms with Crippen molar-refractivity contribution in [1.29, 1.82) is 0 Å². The predicted octanol–water partition coefficient (Wildman–Crippen LogP) is 3.65. The van der Waals surface area contributed by atoms with Gasteiger partial charge >= 0.3 is 6.18 Å². The van der Waals surface area contributed by atoms with Crippen LogP contribution in [-0.4, -0.2) is 25.5 Å². The van der Waals surface area contributed by atoms with E-state index >= 15 is 0 Å². The number of rotatable bonds is 6. The number of benzene rings is 2. The highest BCUT2D eigenvalue weighted by Gasteiger charge is 2.36. The topological polar surface area (TPSA) is 81.2 Å².